The first-order valence-electron chi connectivity index (χ1n) is 25.8. The van der Waals surface area contributed by atoms with Crippen molar-refractivity contribution in [1.82, 2.24) is 0 Å². The molecule has 352 valence electrons. The second-order valence-corrected chi connectivity index (χ2v) is 17.1. The molecule has 6 heteroatoms. The van der Waals surface area contributed by atoms with Gasteiger partial charge < -0.3 is 14.2 Å². The summed E-state index contributed by atoms with van der Waals surface area (Å²) >= 11 is 0. The third-order valence-corrected chi connectivity index (χ3v) is 11.0. The van der Waals surface area contributed by atoms with Crippen LogP contribution in [-0.2, 0) is 28.6 Å². The zero-order valence-electron chi connectivity index (χ0n) is 40.2. The van der Waals surface area contributed by atoms with Gasteiger partial charge in [-0.15, -0.1) is 0 Å². The molecular weight excluding hydrogens is 757 g/mol. The molecule has 6 nitrogen and oxygen atoms in total. The van der Waals surface area contributed by atoms with Crippen molar-refractivity contribution in [2.75, 3.05) is 13.2 Å². The molecule has 0 aliphatic rings. The number of ether oxygens (including phenoxy) is 3. The lowest BCUT2D eigenvalue weighted by molar-refractivity contribution is -0.167. The minimum atomic E-state index is -0.775. The predicted molar refractivity (Wildman–Crippen MR) is 261 cm³/mol. The highest BCUT2D eigenvalue weighted by Gasteiger charge is 2.19. The SMILES string of the molecule is CC/C=C\C/C=C\C/C=C\C/C=C\CCCCCCCCCCCCC(=O)OCC(COC(=O)CCCCCCCC)OC(=O)CCCCCCC/C=C\CCCCCCC. The molecule has 0 aliphatic carbocycles. The molecule has 0 aromatic rings. The van der Waals surface area contributed by atoms with E-state index in [-0.39, 0.29) is 31.1 Å². The first-order chi connectivity index (χ1) is 30.0. The zero-order valence-corrected chi connectivity index (χ0v) is 40.2. The van der Waals surface area contributed by atoms with Crippen LogP contribution in [0.1, 0.15) is 252 Å². The Morgan fingerprint density at radius 2 is 0.639 bits per heavy atom. The first kappa shape index (κ1) is 58.1. The number of esters is 3. The summed E-state index contributed by atoms with van der Waals surface area (Å²) < 4.78 is 16.7. The summed E-state index contributed by atoms with van der Waals surface area (Å²) in [5, 5.41) is 0. The van der Waals surface area contributed by atoms with Crippen LogP contribution in [-0.4, -0.2) is 37.2 Å². The number of hydrogen-bond donors (Lipinski definition) is 0. The Kier molecular flexibility index (Phi) is 47.4. The van der Waals surface area contributed by atoms with Gasteiger partial charge in [-0.2, -0.15) is 0 Å². The van der Waals surface area contributed by atoms with Gasteiger partial charge in [0.15, 0.2) is 6.10 Å². The Balaban J connectivity index is 4.17. The van der Waals surface area contributed by atoms with Crippen LogP contribution in [0.2, 0.25) is 0 Å². The molecule has 0 radical (unpaired) electrons. The monoisotopic (exact) mass is 853 g/mol. The molecule has 0 saturated carbocycles. The number of rotatable bonds is 46. The van der Waals surface area contributed by atoms with E-state index in [1.807, 2.05) is 0 Å². The Morgan fingerprint density at radius 1 is 0.344 bits per heavy atom. The summed E-state index contributed by atoms with van der Waals surface area (Å²) in [4.78, 5) is 37.7. The lowest BCUT2D eigenvalue weighted by atomic mass is 10.1. The van der Waals surface area contributed by atoms with Gasteiger partial charge in [0.1, 0.15) is 13.2 Å². The standard InChI is InChI=1S/C55H96O6/c1-4-7-10-13-16-18-20-22-24-25-26-27-28-29-30-31-32-34-35-37-39-42-45-48-54(57)60-51-52(50-59-53(56)47-44-41-15-12-9-6-3)61-55(58)49-46-43-40-38-36-33-23-21-19-17-14-11-8-5-2/h7,10,16,18,21-24,26-27,52H,4-6,8-9,11-15,17,19-20,25,28-51H2,1-3H3/b10-7-,18-16-,23-21-,24-22-,27-26-. The van der Waals surface area contributed by atoms with Gasteiger partial charge in [-0.3, -0.25) is 14.4 Å². The summed E-state index contributed by atoms with van der Waals surface area (Å²) in [7, 11) is 0. The largest absolute Gasteiger partial charge is 0.462 e. The molecule has 0 heterocycles. The fourth-order valence-electron chi connectivity index (χ4n) is 7.13. The summed E-state index contributed by atoms with van der Waals surface area (Å²) in [5.74, 6) is -0.898. The minimum absolute atomic E-state index is 0.0781. The highest BCUT2D eigenvalue weighted by molar-refractivity contribution is 5.71. The molecule has 0 rings (SSSR count). The van der Waals surface area contributed by atoms with Crippen molar-refractivity contribution < 1.29 is 28.6 Å². The van der Waals surface area contributed by atoms with Gasteiger partial charge in [0.25, 0.3) is 0 Å². The van der Waals surface area contributed by atoms with Crippen molar-refractivity contribution >= 4 is 17.9 Å². The Bertz CT molecular complexity index is 1120. The fourth-order valence-corrected chi connectivity index (χ4v) is 7.13. The highest BCUT2D eigenvalue weighted by atomic mass is 16.6. The highest BCUT2D eigenvalue weighted by Crippen LogP contribution is 2.15. The van der Waals surface area contributed by atoms with Crippen molar-refractivity contribution in [1.29, 1.82) is 0 Å². The molecule has 0 aliphatic heterocycles. The molecule has 0 aromatic carbocycles. The molecule has 1 unspecified atom stereocenters. The Hall–Kier alpha value is -2.89. The smallest absolute Gasteiger partial charge is 0.306 e. The van der Waals surface area contributed by atoms with Gasteiger partial charge in [0.05, 0.1) is 0 Å². The maximum absolute atomic E-state index is 12.7. The van der Waals surface area contributed by atoms with Gasteiger partial charge in [-0.25, -0.2) is 0 Å². The van der Waals surface area contributed by atoms with Gasteiger partial charge >= 0.3 is 17.9 Å². The normalized spacial score (nSPS) is 12.5. The van der Waals surface area contributed by atoms with Crippen molar-refractivity contribution in [2.45, 2.75) is 258 Å². The van der Waals surface area contributed by atoms with E-state index >= 15 is 0 Å². The van der Waals surface area contributed by atoms with Crippen LogP contribution in [0.3, 0.4) is 0 Å². The van der Waals surface area contributed by atoms with Crippen molar-refractivity contribution in [3.8, 4) is 0 Å². The van der Waals surface area contributed by atoms with Crippen LogP contribution >= 0.6 is 0 Å². The second-order valence-electron chi connectivity index (χ2n) is 17.1. The van der Waals surface area contributed by atoms with Crippen LogP contribution < -0.4 is 0 Å². The summed E-state index contributed by atoms with van der Waals surface area (Å²) in [5.41, 5.74) is 0. The van der Waals surface area contributed by atoms with Crippen LogP contribution in [0, 0.1) is 0 Å². The molecule has 61 heavy (non-hydrogen) atoms. The Labute approximate surface area is 377 Å². The van der Waals surface area contributed by atoms with Gasteiger partial charge in [0.2, 0.25) is 0 Å². The molecule has 0 amide bonds. The average molecular weight is 853 g/mol. The first-order valence-corrected chi connectivity index (χ1v) is 25.8. The van der Waals surface area contributed by atoms with Crippen LogP contribution in [0.5, 0.6) is 0 Å². The van der Waals surface area contributed by atoms with Crippen LogP contribution in [0.25, 0.3) is 0 Å². The topological polar surface area (TPSA) is 78.9 Å². The van der Waals surface area contributed by atoms with E-state index in [4.69, 9.17) is 14.2 Å². The number of unbranched alkanes of at least 4 members (excludes halogenated alkanes) is 25. The number of carbonyl (C=O) groups excluding carboxylic acids is 3. The zero-order chi connectivity index (χ0) is 44.4. The number of allylic oxidation sites excluding steroid dienone is 10. The predicted octanol–water partition coefficient (Wildman–Crippen LogP) is 16.9. The maximum Gasteiger partial charge on any atom is 0.306 e. The third kappa shape index (κ3) is 48.0. The molecule has 1 atom stereocenters. The summed E-state index contributed by atoms with van der Waals surface area (Å²) in [6.45, 7) is 6.45. The molecule has 0 aromatic heterocycles. The van der Waals surface area contributed by atoms with Crippen molar-refractivity contribution in [3.63, 3.8) is 0 Å². The van der Waals surface area contributed by atoms with E-state index in [0.717, 1.165) is 96.3 Å². The van der Waals surface area contributed by atoms with Crippen LogP contribution in [0.4, 0.5) is 0 Å². The van der Waals surface area contributed by atoms with Gasteiger partial charge in [-0.05, 0) is 83.5 Å². The van der Waals surface area contributed by atoms with E-state index < -0.39 is 6.10 Å². The van der Waals surface area contributed by atoms with Gasteiger partial charge in [-0.1, -0.05) is 210 Å². The van der Waals surface area contributed by atoms with Gasteiger partial charge in [0, 0.05) is 19.3 Å². The van der Waals surface area contributed by atoms with Crippen molar-refractivity contribution in [3.05, 3.63) is 60.8 Å². The lowest BCUT2D eigenvalue weighted by Gasteiger charge is -2.18. The molecule has 0 saturated heterocycles. The number of carbonyl (C=O) groups is 3. The van der Waals surface area contributed by atoms with Crippen LogP contribution in [0.15, 0.2) is 60.8 Å². The van der Waals surface area contributed by atoms with E-state index in [1.54, 1.807) is 0 Å². The molecule has 0 spiro atoms. The van der Waals surface area contributed by atoms with E-state index in [2.05, 4.69) is 81.5 Å². The van der Waals surface area contributed by atoms with E-state index in [9.17, 15) is 14.4 Å². The second kappa shape index (κ2) is 49.8. The quantitative estimate of drug-likeness (QED) is 0.0263. The Morgan fingerprint density at radius 3 is 1.02 bits per heavy atom. The van der Waals surface area contributed by atoms with E-state index in [1.165, 1.54) is 116 Å². The molecule has 0 fully saturated rings. The minimum Gasteiger partial charge on any atom is -0.462 e. The average Bonchev–Trinajstić information content (AvgIpc) is 3.26. The summed E-state index contributed by atoms with van der Waals surface area (Å²) in [6, 6.07) is 0. The molecule has 0 N–H and O–H groups in total. The molecule has 0 bridgehead atoms. The lowest BCUT2D eigenvalue weighted by Crippen LogP contribution is -2.30. The van der Waals surface area contributed by atoms with E-state index in [0.29, 0.717) is 19.3 Å². The fraction of sp³-hybridized carbons (Fsp3) is 0.764. The number of hydrogen-bond acceptors (Lipinski definition) is 6. The summed E-state index contributed by atoms with van der Waals surface area (Å²) in [6.07, 6.45) is 60.9. The third-order valence-electron chi connectivity index (χ3n) is 11.0. The van der Waals surface area contributed by atoms with Crippen molar-refractivity contribution in [2.24, 2.45) is 0 Å². The maximum atomic E-state index is 12.7. The molecular formula is C55H96O6.